The second-order valence-electron chi connectivity index (χ2n) is 7.59. The Bertz CT molecular complexity index is 1230. The molecule has 0 radical (unpaired) electrons. The van der Waals surface area contributed by atoms with Gasteiger partial charge in [0.15, 0.2) is 0 Å². The highest BCUT2D eigenvalue weighted by molar-refractivity contribution is 5.79. The Balaban J connectivity index is 1.58. The fourth-order valence-corrected chi connectivity index (χ4v) is 3.34. The Kier molecular flexibility index (Phi) is 5.80. The van der Waals surface area contributed by atoms with Crippen LogP contribution in [0.5, 0.6) is 5.75 Å². The van der Waals surface area contributed by atoms with Crippen molar-refractivity contribution in [1.82, 2.24) is 0 Å². The second kappa shape index (κ2) is 8.83. The Morgan fingerprint density at radius 1 is 0.900 bits per heavy atom. The molecule has 4 aromatic rings. The van der Waals surface area contributed by atoms with Gasteiger partial charge in [0, 0.05) is 17.5 Å². The summed E-state index contributed by atoms with van der Waals surface area (Å²) in [5.74, 6) is 0.737. The van der Waals surface area contributed by atoms with Crippen LogP contribution in [0.4, 0.5) is 0 Å². The highest BCUT2D eigenvalue weighted by Crippen LogP contribution is 2.28. The Hall–Kier alpha value is -3.59. The van der Waals surface area contributed by atoms with E-state index in [1.54, 1.807) is 6.07 Å². The third kappa shape index (κ3) is 4.69. The lowest BCUT2D eigenvalue weighted by Crippen LogP contribution is -2.00. The molecule has 0 saturated heterocycles. The molecule has 0 bridgehead atoms. The monoisotopic (exact) mass is 396 g/mol. The largest absolute Gasteiger partial charge is 0.488 e. The van der Waals surface area contributed by atoms with E-state index in [0.29, 0.717) is 12.2 Å². The van der Waals surface area contributed by atoms with Crippen LogP contribution in [-0.4, -0.2) is 0 Å². The van der Waals surface area contributed by atoms with Gasteiger partial charge in [0.1, 0.15) is 17.9 Å². The minimum Gasteiger partial charge on any atom is -0.488 e. The number of allylic oxidation sites excluding steroid dienone is 2. The molecule has 30 heavy (non-hydrogen) atoms. The van der Waals surface area contributed by atoms with Gasteiger partial charge in [0.2, 0.25) is 0 Å². The van der Waals surface area contributed by atoms with Crippen molar-refractivity contribution in [2.75, 3.05) is 0 Å². The average molecular weight is 396 g/mol. The first-order valence-electron chi connectivity index (χ1n) is 10.1. The van der Waals surface area contributed by atoms with E-state index in [-0.39, 0.29) is 5.63 Å². The quantitative estimate of drug-likeness (QED) is 0.274. The predicted molar refractivity (Wildman–Crippen MR) is 122 cm³/mol. The number of ether oxygens (including phenoxy) is 1. The zero-order valence-corrected chi connectivity index (χ0v) is 17.2. The van der Waals surface area contributed by atoms with E-state index >= 15 is 0 Å². The maximum absolute atomic E-state index is 11.6. The minimum atomic E-state index is -0.359. The molecular formula is C27H24O3. The van der Waals surface area contributed by atoms with Crippen LogP contribution in [0.15, 0.2) is 99.7 Å². The summed E-state index contributed by atoms with van der Waals surface area (Å²) < 4.78 is 11.5. The van der Waals surface area contributed by atoms with Gasteiger partial charge >= 0.3 is 5.63 Å². The van der Waals surface area contributed by atoms with Crippen LogP contribution in [0.3, 0.4) is 0 Å². The van der Waals surface area contributed by atoms with Gasteiger partial charge in [-0.3, -0.25) is 0 Å². The first-order valence-corrected chi connectivity index (χ1v) is 10.1. The highest BCUT2D eigenvalue weighted by atomic mass is 16.5. The number of hydrogen-bond acceptors (Lipinski definition) is 3. The summed E-state index contributed by atoms with van der Waals surface area (Å²) in [6.45, 7) is 4.60. The van der Waals surface area contributed by atoms with Crippen molar-refractivity contribution in [2.24, 2.45) is 0 Å². The van der Waals surface area contributed by atoms with Gasteiger partial charge in [-0.1, -0.05) is 66.2 Å². The topological polar surface area (TPSA) is 39.4 Å². The minimum absolute atomic E-state index is 0.359. The lowest BCUT2D eigenvalue weighted by molar-refractivity contribution is 0.303. The molecule has 0 atom stereocenters. The zero-order valence-electron chi connectivity index (χ0n) is 17.2. The molecule has 0 aliphatic carbocycles. The smallest absolute Gasteiger partial charge is 0.336 e. The first-order chi connectivity index (χ1) is 14.6. The molecule has 3 nitrogen and oxygen atoms in total. The van der Waals surface area contributed by atoms with Crippen LogP contribution in [0.25, 0.3) is 22.1 Å². The van der Waals surface area contributed by atoms with Crippen LogP contribution in [-0.2, 0) is 13.0 Å². The van der Waals surface area contributed by atoms with Crippen molar-refractivity contribution in [1.29, 1.82) is 0 Å². The molecule has 1 heterocycles. The fraction of sp³-hybridized carbons (Fsp3) is 0.148. The standard InChI is InChI=1S/C27H24O3/c1-19(2)8-11-23-16-24-14-15-27(28)30-26(24)17-25(23)29-18-20-9-12-22(13-10-20)21-6-4-3-5-7-21/h3-10,12-17H,11,18H2,1-2H3. The molecule has 0 aliphatic heterocycles. The number of rotatable bonds is 6. The Labute approximate surface area is 176 Å². The lowest BCUT2D eigenvalue weighted by Gasteiger charge is -2.12. The van der Waals surface area contributed by atoms with Crippen LogP contribution in [0, 0.1) is 0 Å². The van der Waals surface area contributed by atoms with E-state index in [0.717, 1.165) is 28.7 Å². The number of hydrogen-bond donors (Lipinski definition) is 0. The second-order valence-corrected chi connectivity index (χ2v) is 7.59. The van der Waals surface area contributed by atoms with E-state index < -0.39 is 0 Å². The Morgan fingerprint density at radius 2 is 1.63 bits per heavy atom. The van der Waals surface area contributed by atoms with E-state index in [2.05, 4.69) is 56.3 Å². The van der Waals surface area contributed by atoms with Crippen molar-refractivity contribution in [3.05, 3.63) is 112 Å². The van der Waals surface area contributed by atoms with Gasteiger partial charge < -0.3 is 9.15 Å². The summed E-state index contributed by atoms with van der Waals surface area (Å²) in [6.07, 6.45) is 2.93. The van der Waals surface area contributed by atoms with Gasteiger partial charge in [-0.05, 0) is 54.7 Å². The summed E-state index contributed by atoms with van der Waals surface area (Å²) in [4.78, 5) is 11.6. The molecule has 0 spiro atoms. The van der Waals surface area contributed by atoms with E-state index in [9.17, 15) is 4.79 Å². The molecule has 150 valence electrons. The normalized spacial score (nSPS) is 10.7. The van der Waals surface area contributed by atoms with Gasteiger partial charge in [-0.25, -0.2) is 4.79 Å². The van der Waals surface area contributed by atoms with Crippen molar-refractivity contribution in [2.45, 2.75) is 26.9 Å². The average Bonchev–Trinajstić information content (AvgIpc) is 2.77. The van der Waals surface area contributed by atoms with E-state index in [1.807, 2.05) is 30.3 Å². The molecule has 0 fully saturated rings. The first kappa shape index (κ1) is 19.7. The maximum atomic E-state index is 11.6. The van der Waals surface area contributed by atoms with Gasteiger partial charge in [-0.2, -0.15) is 0 Å². The fourth-order valence-electron chi connectivity index (χ4n) is 3.34. The summed E-state index contributed by atoms with van der Waals surface area (Å²) in [6, 6.07) is 25.8. The van der Waals surface area contributed by atoms with Crippen LogP contribution < -0.4 is 10.4 Å². The summed E-state index contributed by atoms with van der Waals surface area (Å²) in [7, 11) is 0. The van der Waals surface area contributed by atoms with Crippen LogP contribution >= 0.6 is 0 Å². The van der Waals surface area contributed by atoms with Crippen molar-refractivity contribution in [3.63, 3.8) is 0 Å². The van der Waals surface area contributed by atoms with Crippen molar-refractivity contribution in [3.8, 4) is 16.9 Å². The molecule has 0 saturated carbocycles. The summed E-state index contributed by atoms with van der Waals surface area (Å²) in [5.41, 5.74) is 5.95. The van der Waals surface area contributed by atoms with E-state index in [4.69, 9.17) is 9.15 Å². The number of benzene rings is 3. The molecule has 3 aromatic carbocycles. The third-order valence-corrected chi connectivity index (χ3v) is 4.99. The van der Waals surface area contributed by atoms with Crippen molar-refractivity contribution < 1.29 is 9.15 Å². The Morgan fingerprint density at radius 3 is 2.37 bits per heavy atom. The summed E-state index contributed by atoms with van der Waals surface area (Å²) in [5, 5.41) is 0.895. The molecular weight excluding hydrogens is 372 g/mol. The maximum Gasteiger partial charge on any atom is 0.336 e. The zero-order chi connectivity index (χ0) is 20.9. The third-order valence-electron chi connectivity index (χ3n) is 4.99. The predicted octanol–water partition coefficient (Wildman–Crippen LogP) is 6.55. The van der Waals surface area contributed by atoms with E-state index in [1.165, 1.54) is 22.8 Å². The van der Waals surface area contributed by atoms with Crippen LogP contribution in [0.2, 0.25) is 0 Å². The highest BCUT2D eigenvalue weighted by Gasteiger charge is 2.09. The molecule has 4 rings (SSSR count). The summed E-state index contributed by atoms with van der Waals surface area (Å²) >= 11 is 0. The SMILES string of the molecule is CC(C)=CCc1cc2ccc(=O)oc2cc1OCc1ccc(-c2ccccc2)cc1. The molecule has 0 unspecified atom stereocenters. The molecule has 1 aromatic heterocycles. The van der Waals surface area contributed by atoms with Crippen LogP contribution in [0.1, 0.15) is 25.0 Å². The van der Waals surface area contributed by atoms with Gasteiger partial charge in [-0.15, -0.1) is 0 Å². The molecule has 0 amide bonds. The van der Waals surface area contributed by atoms with Gasteiger partial charge in [0.05, 0.1) is 0 Å². The molecule has 3 heteroatoms. The number of fused-ring (bicyclic) bond motifs is 1. The van der Waals surface area contributed by atoms with Gasteiger partial charge in [0.25, 0.3) is 0 Å². The molecule has 0 aliphatic rings. The lowest BCUT2D eigenvalue weighted by atomic mass is 10.0. The van der Waals surface area contributed by atoms with Crippen molar-refractivity contribution >= 4 is 11.0 Å². The molecule has 0 N–H and O–H groups in total.